The van der Waals surface area contributed by atoms with Crippen molar-refractivity contribution in [2.75, 3.05) is 32.8 Å². The Morgan fingerprint density at radius 1 is 1.14 bits per heavy atom. The van der Waals surface area contributed by atoms with E-state index in [2.05, 4.69) is 15.5 Å². The number of hydrogen-bond acceptors (Lipinski definition) is 6. The highest BCUT2D eigenvalue weighted by molar-refractivity contribution is 7.13. The molecular formula is C19H22N6O3S. The maximum absolute atomic E-state index is 12.8. The van der Waals surface area contributed by atoms with Crippen LogP contribution in [-0.2, 0) is 25.4 Å². The third-order valence-corrected chi connectivity index (χ3v) is 6.47. The minimum Gasteiger partial charge on any atom is -0.379 e. The minimum atomic E-state index is -0.374. The van der Waals surface area contributed by atoms with Gasteiger partial charge in [-0.25, -0.2) is 4.79 Å². The molecule has 4 aromatic rings. The molecule has 1 saturated heterocycles. The van der Waals surface area contributed by atoms with Gasteiger partial charge in [0.15, 0.2) is 11.2 Å². The van der Waals surface area contributed by atoms with Gasteiger partial charge >= 0.3 is 5.69 Å². The van der Waals surface area contributed by atoms with Crippen LogP contribution in [0.4, 0.5) is 0 Å². The molecule has 0 saturated carbocycles. The lowest BCUT2D eigenvalue weighted by molar-refractivity contribution is 0.0365. The zero-order valence-electron chi connectivity index (χ0n) is 16.4. The minimum absolute atomic E-state index is 0.335. The van der Waals surface area contributed by atoms with Crippen LogP contribution in [0.5, 0.6) is 0 Å². The number of thiophene rings is 1. The molecule has 152 valence electrons. The average Bonchev–Trinajstić information content (AvgIpc) is 3.45. The van der Waals surface area contributed by atoms with E-state index in [-0.39, 0.29) is 11.2 Å². The van der Waals surface area contributed by atoms with E-state index >= 15 is 0 Å². The molecule has 0 N–H and O–H groups in total. The predicted octanol–water partition coefficient (Wildman–Crippen LogP) is 0.747. The van der Waals surface area contributed by atoms with Gasteiger partial charge < -0.3 is 9.30 Å². The van der Waals surface area contributed by atoms with E-state index < -0.39 is 0 Å². The van der Waals surface area contributed by atoms with Crippen LogP contribution >= 0.6 is 11.3 Å². The Morgan fingerprint density at radius 3 is 2.66 bits per heavy atom. The lowest BCUT2D eigenvalue weighted by Gasteiger charge is -2.26. The second kappa shape index (κ2) is 6.97. The van der Waals surface area contributed by atoms with Gasteiger partial charge in [0.2, 0.25) is 5.78 Å². The zero-order chi connectivity index (χ0) is 20.1. The summed E-state index contributed by atoms with van der Waals surface area (Å²) in [4.78, 5) is 33.4. The number of rotatable bonds is 4. The van der Waals surface area contributed by atoms with Gasteiger partial charge in [0.05, 0.1) is 23.8 Å². The Balaban J connectivity index is 1.71. The summed E-state index contributed by atoms with van der Waals surface area (Å²) < 4.78 is 12.0. The molecule has 1 fully saturated rings. The molecule has 10 heteroatoms. The molecule has 5 rings (SSSR count). The van der Waals surface area contributed by atoms with Gasteiger partial charge in [-0.15, -0.1) is 11.3 Å². The summed E-state index contributed by atoms with van der Waals surface area (Å²) >= 11 is 1.65. The Hall–Kier alpha value is -2.69. The second-order valence-electron chi connectivity index (χ2n) is 7.26. The quantitative estimate of drug-likeness (QED) is 0.492. The van der Waals surface area contributed by atoms with Crippen molar-refractivity contribution < 1.29 is 4.74 Å². The van der Waals surface area contributed by atoms with Crippen molar-refractivity contribution in [1.82, 2.24) is 28.0 Å². The molecule has 5 heterocycles. The predicted molar refractivity (Wildman–Crippen MR) is 112 cm³/mol. The first-order chi connectivity index (χ1) is 14.1. The summed E-state index contributed by atoms with van der Waals surface area (Å²) in [5.74, 6) is 0.676. The van der Waals surface area contributed by atoms with Gasteiger partial charge in [-0.3, -0.25) is 23.2 Å². The molecule has 0 bridgehead atoms. The summed E-state index contributed by atoms with van der Waals surface area (Å²) in [6.45, 7) is 4.94. The molecule has 29 heavy (non-hydrogen) atoms. The number of aryl methyl sites for hydroxylation is 1. The average molecular weight is 414 g/mol. The summed E-state index contributed by atoms with van der Waals surface area (Å²) in [7, 11) is 3.15. The van der Waals surface area contributed by atoms with Gasteiger partial charge in [-0.2, -0.15) is 4.98 Å². The smallest absolute Gasteiger partial charge is 0.332 e. The number of morpholine rings is 1. The highest BCUT2D eigenvalue weighted by Gasteiger charge is 2.21. The largest absolute Gasteiger partial charge is 0.379 e. The van der Waals surface area contributed by atoms with Crippen LogP contribution in [0.25, 0.3) is 27.5 Å². The monoisotopic (exact) mass is 414 g/mol. The normalized spacial score (nSPS) is 15.7. The Labute approximate surface area is 170 Å². The van der Waals surface area contributed by atoms with Crippen LogP contribution in [0.3, 0.4) is 0 Å². The lowest BCUT2D eigenvalue weighted by Crippen LogP contribution is -2.38. The lowest BCUT2D eigenvalue weighted by atomic mass is 10.3. The van der Waals surface area contributed by atoms with Crippen molar-refractivity contribution in [2.24, 2.45) is 14.1 Å². The van der Waals surface area contributed by atoms with E-state index in [0.29, 0.717) is 16.9 Å². The first-order valence-electron chi connectivity index (χ1n) is 9.57. The number of nitrogens with zero attached hydrogens (tertiary/aromatic N) is 6. The van der Waals surface area contributed by atoms with Crippen LogP contribution < -0.4 is 11.2 Å². The van der Waals surface area contributed by atoms with E-state index in [1.165, 1.54) is 11.6 Å². The van der Waals surface area contributed by atoms with Crippen molar-refractivity contribution >= 4 is 28.3 Å². The van der Waals surface area contributed by atoms with Crippen LogP contribution in [0, 0.1) is 0 Å². The topological polar surface area (TPSA) is 78.7 Å². The molecule has 0 atom stereocenters. The maximum Gasteiger partial charge on any atom is 0.332 e. The summed E-state index contributed by atoms with van der Waals surface area (Å²) in [6.07, 6.45) is 1.96. The van der Waals surface area contributed by atoms with Crippen LogP contribution in [-0.4, -0.2) is 60.8 Å². The maximum atomic E-state index is 12.8. The number of imidazole rings is 2. The van der Waals surface area contributed by atoms with E-state index in [1.54, 1.807) is 18.4 Å². The van der Waals surface area contributed by atoms with Crippen molar-refractivity contribution in [2.45, 2.75) is 6.54 Å². The molecule has 0 amide bonds. The molecular weight excluding hydrogens is 392 g/mol. The standard InChI is InChI=1S/C19H22N6O3S/c1-21-16-15(17(26)22(2)19(21)27)25-12-13(14-4-3-11-29-14)24(18(25)20-16)6-5-23-7-9-28-10-8-23/h3-4,11-12H,5-10H2,1-2H3. The highest BCUT2D eigenvalue weighted by atomic mass is 32.1. The van der Waals surface area contributed by atoms with Crippen LogP contribution in [0.1, 0.15) is 0 Å². The van der Waals surface area contributed by atoms with E-state index in [1.807, 2.05) is 22.0 Å². The second-order valence-corrected chi connectivity index (χ2v) is 8.20. The van der Waals surface area contributed by atoms with Gasteiger partial charge in [0.1, 0.15) is 0 Å². The Kier molecular flexibility index (Phi) is 4.41. The summed E-state index contributed by atoms with van der Waals surface area (Å²) in [5, 5.41) is 2.04. The summed E-state index contributed by atoms with van der Waals surface area (Å²) in [5.41, 5.74) is 1.15. The van der Waals surface area contributed by atoms with Crippen molar-refractivity contribution in [1.29, 1.82) is 0 Å². The first kappa shape index (κ1) is 18.3. The molecule has 9 nitrogen and oxygen atoms in total. The third-order valence-electron chi connectivity index (χ3n) is 5.57. The first-order valence-corrected chi connectivity index (χ1v) is 10.5. The molecule has 0 unspecified atom stereocenters. The summed E-state index contributed by atoms with van der Waals surface area (Å²) in [6, 6.07) is 4.09. The van der Waals surface area contributed by atoms with E-state index in [9.17, 15) is 9.59 Å². The van der Waals surface area contributed by atoms with Gasteiger partial charge in [0.25, 0.3) is 5.56 Å². The Morgan fingerprint density at radius 2 is 1.93 bits per heavy atom. The van der Waals surface area contributed by atoms with Crippen LogP contribution in [0.15, 0.2) is 33.3 Å². The van der Waals surface area contributed by atoms with Crippen molar-refractivity contribution in [3.05, 3.63) is 44.5 Å². The highest BCUT2D eigenvalue weighted by Crippen LogP contribution is 2.28. The molecule has 0 radical (unpaired) electrons. The molecule has 1 aliphatic heterocycles. The van der Waals surface area contributed by atoms with Gasteiger partial charge in [0, 0.05) is 46.5 Å². The number of hydrogen-bond donors (Lipinski definition) is 0. The number of aromatic nitrogens is 5. The van der Waals surface area contributed by atoms with E-state index in [0.717, 1.165) is 54.5 Å². The van der Waals surface area contributed by atoms with Gasteiger partial charge in [-0.1, -0.05) is 6.07 Å². The van der Waals surface area contributed by atoms with E-state index in [4.69, 9.17) is 9.72 Å². The third kappa shape index (κ3) is 2.86. The fourth-order valence-corrected chi connectivity index (χ4v) is 4.67. The molecule has 1 aliphatic rings. The SMILES string of the molecule is Cn1c(=O)c2c(nc3n(CCN4CCOCC4)c(-c4cccs4)cn23)n(C)c1=O. The number of fused-ring (bicyclic) bond motifs is 3. The molecule has 0 aromatic carbocycles. The van der Waals surface area contributed by atoms with Crippen molar-refractivity contribution in [3.63, 3.8) is 0 Å². The van der Waals surface area contributed by atoms with Crippen molar-refractivity contribution in [3.8, 4) is 10.6 Å². The molecule has 0 spiro atoms. The molecule has 0 aliphatic carbocycles. The fourth-order valence-electron chi connectivity index (χ4n) is 3.92. The van der Waals surface area contributed by atoms with Gasteiger partial charge in [-0.05, 0) is 11.4 Å². The Bertz CT molecular complexity index is 1300. The molecule has 4 aromatic heterocycles. The number of ether oxygens (including phenoxy) is 1. The zero-order valence-corrected chi connectivity index (χ0v) is 17.2. The fraction of sp³-hybridized carbons (Fsp3) is 0.421. The van der Waals surface area contributed by atoms with Crippen LogP contribution in [0.2, 0.25) is 0 Å².